The minimum absolute atomic E-state index is 0.209. The van der Waals surface area contributed by atoms with Crippen LogP contribution in [0.2, 0.25) is 0 Å². The smallest absolute Gasteiger partial charge is 0.0786 e. The lowest BCUT2D eigenvalue weighted by Crippen LogP contribution is -2.34. The summed E-state index contributed by atoms with van der Waals surface area (Å²) in [6.07, 6.45) is 14.1. The third-order valence-electron chi connectivity index (χ3n) is 12.9. The molecule has 0 bridgehead atoms. The zero-order chi connectivity index (χ0) is 36.0. The van der Waals surface area contributed by atoms with Gasteiger partial charge in [-0.25, -0.2) is 4.99 Å². The van der Waals surface area contributed by atoms with Crippen LogP contribution >= 0.6 is 11.3 Å². The van der Waals surface area contributed by atoms with Gasteiger partial charge < -0.3 is 4.98 Å². The molecule has 0 spiro atoms. The van der Waals surface area contributed by atoms with E-state index in [0.29, 0.717) is 23.7 Å². The molecule has 1 saturated carbocycles. The minimum Gasteiger partial charge on any atom is -0.355 e. The Labute approximate surface area is 319 Å². The topological polar surface area (TPSA) is 28.1 Å². The highest BCUT2D eigenvalue weighted by atomic mass is 32.1. The highest BCUT2D eigenvalue weighted by Gasteiger charge is 2.53. The highest BCUT2D eigenvalue weighted by Crippen LogP contribution is 2.61. The molecule has 4 unspecified atom stereocenters. The molecular weight excluding hydrogens is 673 g/mol. The van der Waals surface area contributed by atoms with Gasteiger partial charge in [0, 0.05) is 70.3 Å². The number of thiophene rings is 1. The van der Waals surface area contributed by atoms with Crippen LogP contribution in [0.25, 0.3) is 54.0 Å². The lowest BCUT2D eigenvalue weighted by Gasteiger charge is -2.35. The van der Waals surface area contributed by atoms with Gasteiger partial charge in [-0.15, -0.1) is 17.1 Å². The zero-order valence-electron chi connectivity index (χ0n) is 30.5. The molecule has 1 aliphatic heterocycles. The van der Waals surface area contributed by atoms with E-state index in [4.69, 9.17) is 4.99 Å². The number of benzene rings is 5. The molecule has 1 fully saturated rings. The van der Waals surface area contributed by atoms with Gasteiger partial charge in [-0.05, 0) is 83.5 Å². The minimum atomic E-state index is 0.209. The fraction of sp³-hybridized carbons (Fsp3) is 0.176. The molecular formula is C51H40N2S. The number of nitrogens with one attached hydrogen (secondary N) is 1. The first kappa shape index (κ1) is 31.8. The summed E-state index contributed by atoms with van der Waals surface area (Å²) in [4.78, 5) is 9.13. The van der Waals surface area contributed by atoms with Gasteiger partial charge >= 0.3 is 0 Å². The molecule has 260 valence electrons. The molecule has 7 aromatic rings. The number of aromatic amines is 1. The monoisotopic (exact) mass is 712 g/mol. The lowest BCUT2D eigenvalue weighted by atomic mass is 9.69. The van der Waals surface area contributed by atoms with E-state index in [2.05, 4.69) is 176 Å². The number of hydrogen-bond donors (Lipinski definition) is 1. The maximum absolute atomic E-state index is 5.37. The number of hydrogen-bond acceptors (Lipinski definition) is 2. The van der Waals surface area contributed by atoms with Crippen LogP contribution in [0.1, 0.15) is 54.9 Å². The summed E-state index contributed by atoms with van der Waals surface area (Å²) in [7, 11) is 0. The predicted molar refractivity (Wildman–Crippen MR) is 229 cm³/mol. The molecule has 1 N–H and O–H groups in total. The normalized spacial score (nSPS) is 22.6. The number of H-pyrrole nitrogens is 1. The van der Waals surface area contributed by atoms with Gasteiger partial charge in [0.15, 0.2) is 0 Å². The Bertz CT molecular complexity index is 2970. The van der Waals surface area contributed by atoms with Crippen molar-refractivity contribution in [2.24, 2.45) is 28.2 Å². The van der Waals surface area contributed by atoms with Crippen LogP contribution in [0.5, 0.6) is 0 Å². The number of rotatable bonds is 4. The van der Waals surface area contributed by atoms with Crippen molar-refractivity contribution in [1.82, 2.24) is 4.98 Å². The standard InChI is InChI=1S/C51H40N2S/c1-51(2)41-22-19-33(29-40(41)49-42(51)23-25-45-50(49)38-16-6-8-17-44(38)53-45)32-13-10-14-36(27-32)43-24-20-35(30-46(52-43)31-11-4-3-5-12-31)34-21-26-48-39(28-34)37-15-7-9-18-47(37)54-48/h3-19,21-22,24-28,30,33,40-42,53H,23,29H2,1-2H3. The number of para-hydroxylation sites is 1. The lowest BCUT2D eigenvalue weighted by molar-refractivity contribution is 0.204. The summed E-state index contributed by atoms with van der Waals surface area (Å²) in [5, 5.41) is 6.78. The summed E-state index contributed by atoms with van der Waals surface area (Å²) in [6, 6.07) is 44.1. The van der Waals surface area contributed by atoms with E-state index in [9.17, 15) is 0 Å². The average molecular weight is 713 g/mol. The largest absolute Gasteiger partial charge is 0.355 e. The third kappa shape index (κ3) is 4.96. The average Bonchev–Trinajstić information content (AvgIpc) is 3.78. The molecule has 5 aromatic carbocycles. The van der Waals surface area contributed by atoms with Gasteiger partial charge in [-0.1, -0.05) is 129 Å². The SMILES string of the molecule is CC1(C)C2CC=c3[nH]c4ccccc4c3=C2C2CC(c3cccc(C4=NC(c5ccccc5)=CC(c5ccc6sc7ccccc7c6c5)=C=C4)c3)C=CC21. The van der Waals surface area contributed by atoms with Gasteiger partial charge in [0.2, 0.25) is 0 Å². The molecule has 0 saturated heterocycles. The van der Waals surface area contributed by atoms with Gasteiger partial charge in [0.25, 0.3) is 0 Å². The Morgan fingerprint density at radius 2 is 1.54 bits per heavy atom. The number of allylic oxidation sites excluding steroid dienone is 4. The summed E-state index contributed by atoms with van der Waals surface area (Å²) >= 11 is 1.85. The van der Waals surface area contributed by atoms with Crippen molar-refractivity contribution < 1.29 is 0 Å². The van der Waals surface area contributed by atoms with Crippen LogP contribution < -0.4 is 10.6 Å². The molecule has 3 heterocycles. The van der Waals surface area contributed by atoms with Crippen molar-refractivity contribution in [3.05, 3.63) is 184 Å². The highest BCUT2D eigenvalue weighted by molar-refractivity contribution is 7.25. The Balaban J connectivity index is 0.993. The van der Waals surface area contributed by atoms with E-state index >= 15 is 0 Å². The van der Waals surface area contributed by atoms with E-state index in [1.807, 2.05) is 11.3 Å². The number of fused-ring (bicyclic) bond motifs is 9. The Hall–Kier alpha value is -5.73. The molecule has 0 amide bonds. The maximum Gasteiger partial charge on any atom is 0.0786 e. The van der Waals surface area contributed by atoms with E-state index in [0.717, 1.165) is 46.5 Å². The molecule has 11 rings (SSSR count). The van der Waals surface area contributed by atoms with Crippen LogP contribution in [0.4, 0.5) is 0 Å². The van der Waals surface area contributed by atoms with Crippen molar-refractivity contribution in [2.75, 3.05) is 0 Å². The second-order valence-electron chi connectivity index (χ2n) is 16.1. The Kier molecular flexibility index (Phi) is 7.15. The first-order chi connectivity index (χ1) is 26.5. The molecule has 2 nitrogen and oxygen atoms in total. The molecule has 2 aromatic heterocycles. The summed E-state index contributed by atoms with van der Waals surface area (Å²) < 4.78 is 2.63. The van der Waals surface area contributed by atoms with Crippen molar-refractivity contribution in [3.8, 4) is 0 Å². The summed E-state index contributed by atoms with van der Waals surface area (Å²) in [6.45, 7) is 5.02. The second kappa shape index (κ2) is 12.1. The van der Waals surface area contributed by atoms with Crippen LogP contribution in [-0.4, -0.2) is 10.7 Å². The summed E-state index contributed by atoms with van der Waals surface area (Å²) in [5.74, 6) is 1.95. The maximum atomic E-state index is 5.37. The van der Waals surface area contributed by atoms with Crippen molar-refractivity contribution in [3.63, 3.8) is 0 Å². The Morgan fingerprint density at radius 3 is 2.44 bits per heavy atom. The predicted octanol–water partition coefficient (Wildman–Crippen LogP) is 11.6. The molecule has 0 radical (unpaired) electrons. The fourth-order valence-electron chi connectivity index (χ4n) is 10.2. The zero-order valence-corrected chi connectivity index (χ0v) is 31.3. The molecule has 3 heteroatoms. The summed E-state index contributed by atoms with van der Waals surface area (Å²) in [5.41, 5.74) is 14.5. The van der Waals surface area contributed by atoms with E-state index in [1.54, 1.807) is 5.57 Å². The van der Waals surface area contributed by atoms with Crippen molar-refractivity contribution >= 4 is 71.0 Å². The van der Waals surface area contributed by atoms with Gasteiger partial charge in [0.1, 0.15) is 0 Å². The van der Waals surface area contributed by atoms with Crippen molar-refractivity contribution in [1.29, 1.82) is 0 Å². The van der Waals surface area contributed by atoms with Crippen LogP contribution in [0, 0.1) is 23.2 Å². The van der Waals surface area contributed by atoms with Crippen LogP contribution in [0.3, 0.4) is 0 Å². The van der Waals surface area contributed by atoms with Gasteiger partial charge in [-0.2, -0.15) is 0 Å². The first-order valence-electron chi connectivity index (χ1n) is 19.3. The second-order valence-corrected chi connectivity index (χ2v) is 17.2. The van der Waals surface area contributed by atoms with Gasteiger partial charge in [0.05, 0.1) is 11.4 Å². The van der Waals surface area contributed by atoms with E-state index in [1.165, 1.54) is 47.2 Å². The third-order valence-corrected chi connectivity index (χ3v) is 14.0. The fourth-order valence-corrected chi connectivity index (χ4v) is 11.3. The Morgan fingerprint density at radius 1 is 0.741 bits per heavy atom. The molecule has 4 aliphatic rings. The van der Waals surface area contributed by atoms with Crippen molar-refractivity contribution in [2.45, 2.75) is 32.6 Å². The van der Waals surface area contributed by atoms with E-state index in [-0.39, 0.29) is 5.41 Å². The molecule has 4 atom stereocenters. The van der Waals surface area contributed by atoms with E-state index < -0.39 is 0 Å². The quantitative estimate of drug-likeness (QED) is 0.139. The van der Waals surface area contributed by atoms with Gasteiger partial charge in [-0.3, -0.25) is 0 Å². The van der Waals surface area contributed by atoms with Crippen LogP contribution in [-0.2, 0) is 0 Å². The number of aromatic nitrogens is 1. The molecule has 3 aliphatic carbocycles. The first-order valence-corrected chi connectivity index (χ1v) is 20.1. The van der Waals surface area contributed by atoms with Crippen LogP contribution in [0.15, 0.2) is 156 Å². The molecule has 54 heavy (non-hydrogen) atoms. The number of aliphatic imine (C=N–C) groups is 1. The number of nitrogens with zero attached hydrogens (tertiary/aromatic N) is 1.